The zero-order chi connectivity index (χ0) is 18.4. The molecular formula is C19H21N5OS. The van der Waals surface area contributed by atoms with E-state index < -0.39 is 0 Å². The van der Waals surface area contributed by atoms with Gasteiger partial charge in [-0.1, -0.05) is 49.9 Å². The van der Waals surface area contributed by atoms with Gasteiger partial charge in [0.05, 0.1) is 5.25 Å². The SMILES string of the molecule is CC(C)C(Sc1nncn1-c1ccccc1)C(=O)NCc1cccnc1. The van der Waals surface area contributed by atoms with Crippen LogP contribution < -0.4 is 5.32 Å². The van der Waals surface area contributed by atoms with Crippen molar-refractivity contribution in [1.82, 2.24) is 25.1 Å². The minimum Gasteiger partial charge on any atom is -0.351 e. The maximum atomic E-state index is 12.7. The van der Waals surface area contributed by atoms with E-state index in [0.29, 0.717) is 11.7 Å². The predicted octanol–water partition coefficient (Wildman–Crippen LogP) is 3.10. The van der Waals surface area contributed by atoms with Crippen molar-refractivity contribution in [1.29, 1.82) is 0 Å². The Morgan fingerprint density at radius 2 is 2.00 bits per heavy atom. The van der Waals surface area contributed by atoms with Crippen molar-refractivity contribution in [3.63, 3.8) is 0 Å². The second-order valence-electron chi connectivity index (χ2n) is 6.18. The first-order chi connectivity index (χ1) is 12.6. The Labute approximate surface area is 157 Å². The summed E-state index contributed by atoms with van der Waals surface area (Å²) in [6.07, 6.45) is 5.14. The zero-order valence-corrected chi connectivity index (χ0v) is 15.6. The van der Waals surface area contributed by atoms with Crippen LogP contribution in [0, 0.1) is 5.92 Å². The minimum absolute atomic E-state index is 0.0172. The monoisotopic (exact) mass is 367 g/mol. The molecule has 0 fully saturated rings. The molecule has 1 aromatic carbocycles. The molecule has 1 atom stereocenters. The topological polar surface area (TPSA) is 72.7 Å². The number of carbonyl (C=O) groups is 1. The molecule has 1 N–H and O–H groups in total. The zero-order valence-electron chi connectivity index (χ0n) is 14.7. The van der Waals surface area contributed by atoms with Gasteiger partial charge in [0.1, 0.15) is 6.33 Å². The van der Waals surface area contributed by atoms with Gasteiger partial charge in [-0.3, -0.25) is 14.3 Å². The molecule has 0 bridgehead atoms. The molecule has 1 unspecified atom stereocenters. The van der Waals surface area contributed by atoms with E-state index in [1.807, 2.05) is 60.9 Å². The number of carbonyl (C=O) groups excluding carboxylic acids is 1. The highest BCUT2D eigenvalue weighted by molar-refractivity contribution is 8.00. The van der Waals surface area contributed by atoms with Crippen molar-refractivity contribution >= 4 is 17.7 Å². The third-order valence-corrected chi connectivity index (χ3v) is 5.34. The summed E-state index contributed by atoms with van der Waals surface area (Å²) in [5, 5.41) is 11.6. The Kier molecular flexibility index (Phi) is 6.01. The Bertz CT molecular complexity index is 835. The largest absolute Gasteiger partial charge is 0.351 e. The number of nitrogens with one attached hydrogen (secondary N) is 1. The molecule has 0 aliphatic rings. The van der Waals surface area contributed by atoms with Crippen LogP contribution in [0.4, 0.5) is 0 Å². The highest BCUT2D eigenvalue weighted by Crippen LogP contribution is 2.28. The number of amides is 1. The normalized spacial score (nSPS) is 12.1. The quantitative estimate of drug-likeness (QED) is 0.650. The van der Waals surface area contributed by atoms with Gasteiger partial charge >= 0.3 is 0 Å². The van der Waals surface area contributed by atoms with Gasteiger partial charge in [-0.2, -0.15) is 0 Å². The number of nitrogens with zero attached hydrogens (tertiary/aromatic N) is 4. The lowest BCUT2D eigenvalue weighted by molar-refractivity contribution is -0.121. The highest BCUT2D eigenvalue weighted by Gasteiger charge is 2.26. The Hall–Kier alpha value is -2.67. The standard InChI is InChI=1S/C19H21N5OS/c1-14(2)17(18(25)21-12-15-7-6-10-20-11-15)26-19-23-22-13-24(19)16-8-4-3-5-9-16/h3-11,13-14,17H,12H2,1-2H3,(H,21,25). The van der Waals surface area contributed by atoms with Gasteiger partial charge in [0.25, 0.3) is 0 Å². The number of pyridine rings is 1. The molecule has 0 spiro atoms. The van der Waals surface area contributed by atoms with Crippen LogP contribution >= 0.6 is 11.8 Å². The molecule has 0 radical (unpaired) electrons. The van der Waals surface area contributed by atoms with Gasteiger partial charge in [0, 0.05) is 24.6 Å². The molecule has 7 heteroatoms. The first-order valence-electron chi connectivity index (χ1n) is 8.44. The first-order valence-corrected chi connectivity index (χ1v) is 9.32. The van der Waals surface area contributed by atoms with Crippen molar-refractivity contribution < 1.29 is 4.79 Å². The van der Waals surface area contributed by atoms with Gasteiger partial charge in [0.15, 0.2) is 5.16 Å². The molecular weight excluding hydrogens is 346 g/mol. The molecule has 3 aromatic rings. The van der Waals surface area contributed by atoms with Gasteiger partial charge in [0.2, 0.25) is 5.91 Å². The molecule has 134 valence electrons. The number of aromatic nitrogens is 4. The molecule has 0 saturated heterocycles. The van der Waals surface area contributed by atoms with E-state index in [1.165, 1.54) is 11.8 Å². The lowest BCUT2D eigenvalue weighted by Crippen LogP contribution is -2.35. The molecule has 3 rings (SSSR count). The van der Waals surface area contributed by atoms with Crippen LogP contribution in [0.2, 0.25) is 0 Å². The number of benzene rings is 1. The van der Waals surface area contributed by atoms with E-state index in [2.05, 4.69) is 20.5 Å². The summed E-state index contributed by atoms with van der Waals surface area (Å²) in [5.41, 5.74) is 1.94. The Morgan fingerprint density at radius 3 is 2.69 bits per heavy atom. The van der Waals surface area contributed by atoms with Crippen LogP contribution in [0.5, 0.6) is 0 Å². The number of hydrogen-bond acceptors (Lipinski definition) is 5. The van der Waals surface area contributed by atoms with Crippen molar-refractivity contribution in [2.24, 2.45) is 5.92 Å². The van der Waals surface area contributed by atoms with Crippen LogP contribution in [-0.2, 0) is 11.3 Å². The Balaban J connectivity index is 1.71. The van der Waals surface area contributed by atoms with Crippen LogP contribution in [0.3, 0.4) is 0 Å². The highest BCUT2D eigenvalue weighted by atomic mass is 32.2. The van der Waals surface area contributed by atoms with Crippen LogP contribution in [0.25, 0.3) is 5.69 Å². The summed E-state index contributed by atoms with van der Waals surface area (Å²) in [7, 11) is 0. The molecule has 1 amide bonds. The van der Waals surface area contributed by atoms with E-state index in [1.54, 1.807) is 18.7 Å². The second kappa shape index (κ2) is 8.62. The molecule has 6 nitrogen and oxygen atoms in total. The number of rotatable bonds is 7. The van der Waals surface area contributed by atoms with Gasteiger partial charge in [-0.05, 0) is 29.7 Å². The predicted molar refractivity (Wildman–Crippen MR) is 102 cm³/mol. The van der Waals surface area contributed by atoms with Crippen molar-refractivity contribution in [3.05, 3.63) is 66.7 Å². The number of thioether (sulfide) groups is 1. The van der Waals surface area contributed by atoms with Crippen molar-refractivity contribution in [2.45, 2.75) is 30.8 Å². The average Bonchev–Trinajstić information content (AvgIpc) is 3.14. The summed E-state index contributed by atoms with van der Waals surface area (Å²) in [6, 6.07) is 13.7. The van der Waals surface area contributed by atoms with Crippen molar-refractivity contribution in [2.75, 3.05) is 0 Å². The van der Waals surface area contributed by atoms with Crippen LogP contribution in [-0.4, -0.2) is 30.9 Å². The molecule has 0 aliphatic heterocycles. The van der Waals surface area contributed by atoms with E-state index in [0.717, 1.165) is 11.3 Å². The molecule has 0 aliphatic carbocycles. The van der Waals surface area contributed by atoms with Crippen LogP contribution in [0.1, 0.15) is 19.4 Å². The van der Waals surface area contributed by atoms with E-state index in [9.17, 15) is 4.79 Å². The second-order valence-corrected chi connectivity index (χ2v) is 7.29. The van der Waals surface area contributed by atoms with E-state index in [4.69, 9.17) is 0 Å². The fraction of sp³-hybridized carbons (Fsp3) is 0.263. The van der Waals surface area contributed by atoms with Gasteiger partial charge in [-0.15, -0.1) is 10.2 Å². The summed E-state index contributed by atoms with van der Waals surface area (Å²) < 4.78 is 1.90. The van der Waals surface area contributed by atoms with E-state index >= 15 is 0 Å². The fourth-order valence-corrected chi connectivity index (χ4v) is 3.52. The molecule has 2 aromatic heterocycles. The first kappa shape index (κ1) is 18.1. The summed E-state index contributed by atoms with van der Waals surface area (Å²) in [6.45, 7) is 4.52. The third-order valence-electron chi connectivity index (χ3n) is 3.84. The van der Waals surface area contributed by atoms with Gasteiger partial charge in [-0.25, -0.2) is 0 Å². The maximum absolute atomic E-state index is 12.7. The summed E-state index contributed by atoms with van der Waals surface area (Å²) >= 11 is 1.43. The molecule has 0 saturated carbocycles. The third kappa shape index (κ3) is 4.49. The minimum atomic E-state index is -0.265. The maximum Gasteiger partial charge on any atom is 0.234 e. The molecule has 26 heavy (non-hydrogen) atoms. The lowest BCUT2D eigenvalue weighted by atomic mass is 10.1. The van der Waals surface area contributed by atoms with E-state index in [-0.39, 0.29) is 17.1 Å². The Morgan fingerprint density at radius 1 is 1.19 bits per heavy atom. The lowest BCUT2D eigenvalue weighted by Gasteiger charge is -2.19. The van der Waals surface area contributed by atoms with Crippen molar-refractivity contribution in [3.8, 4) is 5.69 Å². The molecule has 2 heterocycles. The van der Waals surface area contributed by atoms with Crippen LogP contribution in [0.15, 0.2) is 66.3 Å². The summed E-state index contributed by atoms with van der Waals surface area (Å²) in [4.78, 5) is 16.8. The van der Waals surface area contributed by atoms with Gasteiger partial charge < -0.3 is 5.32 Å². The fourth-order valence-electron chi connectivity index (χ4n) is 2.47. The average molecular weight is 367 g/mol. The smallest absolute Gasteiger partial charge is 0.234 e. The number of hydrogen-bond donors (Lipinski definition) is 1. The summed E-state index contributed by atoms with van der Waals surface area (Å²) in [5.74, 6) is 0.131. The number of para-hydroxylation sites is 1.